The van der Waals surface area contributed by atoms with E-state index < -0.39 is 0 Å². The van der Waals surface area contributed by atoms with Gasteiger partial charge in [-0.2, -0.15) is 5.26 Å². The zero-order valence-corrected chi connectivity index (χ0v) is 15.6. The topological polar surface area (TPSA) is 65.4 Å². The maximum absolute atomic E-state index is 12.2. The molecule has 2 aromatic carbocycles. The number of hydrogen-bond donors (Lipinski definition) is 1. The van der Waals surface area contributed by atoms with Crippen molar-refractivity contribution in [3.05, 3.63) is 59.7 Å². The van der Waals surface area contributed by atoms with Gasteiger partial charge in [0, 0.05) is 18.2 Å². The van der Waals surface area contributed by atoms with Crippen LogP contribution in [0.2, 0.25) is 0 Å². The molecule has 2 aromatic rings. The number of carbonyl (C=O) groups is 1. The predicted octanol–water partition coefficient (Wildman–Crippen LogP) is 4.12. The molecule has 5 heteroatoms. The van der Waals surface area contributed by atoms with Crippen molar-refractivity contribution in [2.75, 3.05) is 25.5 Å². The molecule has 0 saturated carbocycles. The number of likely N-dealkylation sites (tertiary alicyclic amines) is 1. The van der Waals surface area contributed by atoms with Crippen LogP contribution < -0.4 is 10.1 Å². The first-order valence-corrected chi connectivity index (χ1v) is 9.37. The highest BCUT2D eigenvalue weighted by Crippen LogP contribution is 2.33. The molecule has 1 saturated heterocycles. The van der Waals surface area contributed by atoms with E-state index in [9.17, 15) is 4.79 Å². The van der Waals surface area contributed by atoms with E-state index in [0.717, 1.165) is 37.4 Å². The minimum absolute atomic E-state index is 0.0110. The minimum atomic E-state index is 0.0110. The number of rotatable bonds is 7. The highest BCUT2D eigenvalue weighted by Gasteiger charge is 2.25. The number of ether oxygens (including phenoxy) is 1. The number of amides is 1. The van der Waals surface area contributed by atoms with Crippen LogP contribution in [-0.4, -0.2) is 31.0 Å². The third-order valence-electron chi connectivity index (χ3n) is 4.99. The fourth-order valence-electron chi connectivity index (χ4n) is 3.61. The molecule has 1 heterocycles. The lowest BCUT2D eigenvalue weighted by atomic mass is 10.0. The maximum Gasteiger partial charge on any atom is 0.224 e. The van der Waals surface area contributed by atoms with Gasteiger partial charge >= 0.3 is 0 Å². The van der Waals surface area contributed by atoms with Gasteiger partial charge in [0.25, 0.3) is 0 Å². The second kappa shape index (κ2) is 9.20. The Morgan fingerprint density at radius 1 is 1.30 bits per heavy atom. The van der Waals surface area contributed by atoms with Gasteiger partial charge in [0.2, 0.25) is 5.91 Å². The molecule has 1 aliphatic rings. The molecule has 0 bridgehead atoms. The van der Waals surface area contributed by atoms with Gasteiger partial charge in [-0.15, -0.1) is 0 Å². The Hall–Kier alpha value is -2.84. The monoisotopic (exact) mass is 363 g/mol. The van der Waals surface area contributed by atoms with E-state index in [4.69, 9.17) is 10.00 Å². The van der Waals surface area contributed by atoms with Gasteiger partial charge < -0.3 is 10.1 Å². The number of nitrogens with one attached hydrogen (secondary N) is 1. The number of benzene rings is 2. The van der Waals surface area contributed by atoms with Crippen LogP contribution in [0, 0.1) is 11.3 Å². The molecule has 0 aromatic heterocycles. The lowest BCUT2D eigenvalue weighted by molar-refractivity contribution is -0.116. The number of carbonyl (C=O) groups excluding carboxylic acids is 1. The van der Waals surface area contributed by atoms with Crippen LogP contribution >= 0.6 is 0 Å². The van der Waals surface area contributed by atoms with E-state index in [1.54, 1.807) is 31.4 Å². The molecular formula is C22H25N3O2. The lowest BCUT2D eigenvalue weighted by Gasteiger charge is -2.25. The van der Waals surface area contributed by atoms with Crippen LogP contribution in [0.3, 0.4) is 0 Å². The van der Waals surface area contributed by atoms with Gasteiger partial charge in [0.15, 0.2) is 0 Å². The summed E-state index contributed by atoms with van der Waals surface area (Å²) in [7, 11) is 1.69. The first kappa shape index (κ1) is 18.9. The summed E-state index contributed by atoms with van der Waals surface area (Å²) in [5.41, 5.74) is 2.61. The number of hydrogen-bond acceptors (Lipinski definition) is 4. The van der Waals surface area contributed by atoms with E-state index in [0.29, 0.717) is 18.0 Å². The van der Waals surface area contributed by atoms with Crippen LogP contribution in [0.1, 0.15) is 42.9 Å². The highest BCUT2D eigenvalue weighted by atomic mass is 16.5. The summed E-state index contributed by atoms with van der Waals surface area (Å²) in [6, 6.07) is 17.7. The standard InChI is InChI=1S/C22H25N3O2/c1-27-20-6-2-5-18(15-20)21-7-3-13-25(21)14-4-8-22(26)24-19-11-9-17(16-23)10-12-19/h2,5-6,9-12,15,21H,3-4,7-8,13-14H2,1H3,(H,24,26). The van der Waals surface area contributed by atoms with Crippen LogP contribution in [0.4, 0.5) is 5.69 Å². The van der Waals surface area contributed by atoms with Crippen LogP contribution in [0.15, 0.2) is 48.5 Å². The first-order chi connectivity index (χ1) is 13.2. The van der Waals surface area contributed by atoms with E-state index in [-0.39, 0.29) is 5.91 Å². The Bertz CT molecular complexity index is 811. The van der Waals surface area contributed by atoms with Gasteiger partial charge in [-0.1, -0.05) is 12.1 Å². The maximum atomic E-state index is 12.2. The van der Waals surface area contributed by atoms with Crippen molar-refractivity contribution in [1.82, 2.24) is 4.90 Å². The summed E-state index contributed by atoms with van der Waals surface area (Å²) < 4.78 is 5.34. The molecular weight excluding hydrogens is 338 g/mol. The van der Waals surface area contributed by atoms with E-state index in [1.807, 2.05) is 12.1 Å². The van der Waals surface area contributed by atoms with E-state index in [2.05, 4.69) is 28.4 Å². The molecule has 5 nitrogen and oxygen atoms in total. The molecule has 1 amide bonds. The largest absolute Gasteiger partial charge is 0.497 e. The van der Waals surface area contributed by atoms with Gasteiger partial charge in [-0.3, -0.25) is 9.69 Å². The zero-order valence-electron chi connectivity index (χ0n) is 15.6. The molecule has 140 valence electrons. The summed E-state index contributed by atoms with van der Waals surface area (Å²) in [4.78, 5) is 14.6. The third-order valence-corrected chi connectivity index (χ3v) is 4.99. The molecule has 1 aliphatic heterocycles. The van der Waals surface area contributed by atoms with Crippen molar-refractivity contribution in [2.24, 2.45) is 0 Å². The molecule has 0 radical (unpaired) electrons. The zero-order chi connectivity index (χ0) is 19.1. The summed E-state index contributed by atoms with van der Waals surface area (Å²) in [5.74, 6) is 0.901. The van der Waals surface area contributed by atoms with Crippen molar-refractivity contribution in [2.45, 2.75) is 31.7 Å². The van der Waals surface area contributed by atoms with Crippen molar-refractivity contribution in [3.63, 3.8) is 0 Å². The molecule has 1 fully saturated rings. The molecule has 1 N–H and O–H groups in total. The lowest BCUT2D eigenvalue weighted by Crippen LogP contribution is -2.25. The predicted molar refractivity (Wildman–Crippen MR) is 106 cm³/mol. The van der Waals surface area contributed by atoms with Crippen molar-refractivity contribution >= 4 is 11.6 Å². The average Bonchev–Trinajstić information content (AvgIpc) is 3.17. The fourth-order valence-corrected chi connectivity index (χ4v) is 3.61. The second-order valence-electron chi connectivity index (χ2n) is 6.81. The summed E-state index contributed by atoms with van der Waals surface area (Å²) in [6.45, 7) is 1.97. The van der Waals surface area contributed by atoms with Gasteiger partial charge in [0.1, 0.15) is 5.75 Å². The summed E-state index contributed by atoms with van der Waals surface area (Å²) in [5, 5.41) is 11.7. The molecule has 1 unspecified atom stereocenters. The molecule has 0 aliphatic carbocycles. The summed E-state index contributed by atoms with van der Waals surface area (Å²) >= 11 is 0. The second-order valence-corrected chi connectivity index (χ2v) is 6.81. The highest BCUT2D eigenvalue weighted by molar-refractivity contribution is 5.90. The van der Waals surface area contributed by atoms with Crippen LogP contribution in [0.5, 0.6) is 5.75 Å². The minimum Gasteiger partial charge on any atom is -0.497 e. The quantitative estimate of drug-likeness (QED) is 0.803. The number of nitrogens with zero attached hydrogens (tertiary/aromatic N) is 2. The fraction of sp³-hybridized carbons (Fsp3) is 0.364. The van der Waals surface area contributed by atoms with Crippen LogP contribution in [-0.2, 0) is 4.79 Å². The van der Waals surface area contributed by atoms with E-state index in [1.165, 1.54) is 12.0 Å². The number of methoxy groups -OCH3 is 1. The van der Waals surface area contributed by atoms with Gasteiger partial charge in [-0.25, -0.2) is 0 Å². The molecule has 3 rings (SSSR count). The third kappa shape index (κ3) is 5.08. The number of anilines is 1. The van der Waals surface area contributed by atoms with Crippen molar-refractivity contribution in [1.29, 1.82) is 5.26 Å². The Morgan fingerprint density at radius 3 is 2.85 bits per heavy atom. The molecule has 0 spiro atoms. The van der Waals surface area contributed by atoms with Crippen molar-refractivity contribution in [3.8, 4) is 11.8 Å². The Balaban J connectivity index is 1.48. The SMILES string of the molecule is COc1cccc(C2CCCN2CCCC(=O)Nc2ccc(C#N)cc2)c1. The molecule has 1 atom stereocenters. The van der Waals surface area contributed by atoms with Crippen molar-refractivity contribution < 1.29 is 9.53 Å². The average molecular weight is 363 g/mol. The van der Waals surface area contributed by atoms with Gasteiger partial charge in [-0.05, 0) is 74.3 Å². The Labute approximate surface area is 160 Å². The van der Waals surface area contributed by atoms with Gasteiger partial charge in [0.05, 0.1) is 18.7 Å². The normalized spacial score (nSPS) is 16.7. The van der Waals surface area contributed by atoms with Crippen LogP contribution in [0.25, 0.3) is 0 Å². The Kier molecular flexibility index (Phi) is 6.45. The summed E-state index contributed by atoms with van der Waals surface area (Å²) in [6.07, 6.45) is 3.63. The Morgan fingerprint density at radius 2 is 2.11 bits per heavy atom. The smallest absolute Gasteiger partial charge is 0.224 e. The first-order valence-electron chi connectivity index (χ1n) is 9.37. The number of nitriles is 1. The molecule has 27 heavy (non-hydrogen) atoms. The van der Waals surface area contributed by atoms with E-state index >= 15 is 0 Å².